The van der Waals surface area contributed by atoms with Crippen LogP contribution in [0.5, 0.6) is 0 Å². The number of fused-ring (bicyclic) bond motifs is 1. The number of nitrogen functional groups attached to an aromatic ring is 1. The lowest BCUT2D eigenvalue weighted by Crippen LogP contribution is -2.14. The van der Waals surface area contributed by atoms with Gasteiger partial charge in [0.25, 0.3) is 0 Å². The molecule has 1 unspecified atom stereocenters. The van der Waals surface area contributed by atoms with Crippen molar-refractivity contribution in [2.75, 3.05) is 18.1 Å². The summed E-state index contributed by atoms with van der Waals surface area (Å²) < 4.78 is 0.951. The van der Waals surface area contributed by atoms with Crippen molar-refractivity contribution < 1.29 is 10.2 Å². The molecule has 1 aromatic heterocycles. The Hall–Kier alpha value is -0.820. The van der Waals surface area contributed by atoms with Gasteiger partial charge >= 0.3 is 0 Å². The third-order valence-electron chi connectivity index (χ3n) is 2.44. The summed E-state index contributed by atoms with van der Waals surface area (Å²) in [5, 5.41) is 19.2. The molecule has 2 aromatic rings. The van der Waals surface area contributed by atoms with Crippen molar-refractivity contribution in [2.45, 2.75) is 11.0 Å². The van der Waals surface area contributed by atoms with E-state index in [1.807, 2.05) is 18.2 Å². The molecule has 1 heterocycles. The van der Waals surface area contributed by atoms with Crippen LogP contribution in [-0.2, 0) is 0 Å². The molecular formula is C12H13BrN2O2S. The minimum Gasteiger partial charge on any atom is -0.397 e. The molecule has 1 atom stereocenters. The number of nitrogens with zero attached hydrogens (tertiary/aromatic N) is 1. The number of pyridine rings is 1. The Labute approximate surface area is 117 Å². The normalized spacial score (nSPS) is 12.8. The van der Waals surface area contributed by atoms with E-state index in [9.17, 15) is 5.11 Å². The van der Waals surface area contributed by atoms with Crippen LogP contribution in [0.25, 0.3) is 10.9 Å². The number of aromatic nitrogens is 1. The molecular weight excluding hydrogens is 316 g/mol. The van der Waals surface area contributed by atoms with E-state index < -0.39 is 6.10 Å². The van der Waals surface area contributed by atoms with Gasteiger partial charge in [0, 0.05) is 20.5 Å². The van der Waals surface area contributed by atoms with Crippen molar-refractivity contribution in [1.82, 2.24) is 4.98 Å². The molecule has 6 heteroatoms. The molecule has 0 aliphatic heterocycles. The maximum absolute atomic E-state index is 9.40. The van der Waals surface area contributed by atoms with Gasteiger partial charge in [-0.05, 0) is 18.2 Å². The van der Waals surface area contributed by atoms with Crippen LogP contribution in [0.15, 0.2) is 33.8 Å². The number of halogens is 1. The number of aliphatic hydroxyl groups excluding tert-OH is 2. The Morgan fingerprint density at radius 2 is 2.22 bits per heavy atom. The Kier molecular flexibility index (Phi) is 4.45. The standard InChI is InChI=1S/C12H13BrN2O2S/c13-7-1-2-11-9(3-7)12(10(14)4-15-11)18-6-8(17)5-16/h1-4,8,16-17H,5-6,14H2. The summed E-state index contributed by atoms with van der Waals surface area (Å²) in [6, 6.07) is 5.78. The van der Waals surface area contributed by atoms with Gasteiger partial charge in [0.05, 0.1) is 30.1 Å². The van der Waals surface area contributed by atoms with Crippen molar-refractivity contribution in [3.8, 4) is 0 Å². The summed E-state index contributed by atoms with van der Waals surface area (Å²) >= 11 is 4.84. The zero-order valence-electron chi connectivity index (χ0n) is 9.51. The number of rotatable bonds is 4. The third-order valence-corrected chi connectivity index (χ3v) is 4.23. The summed E-state index contributed by atoms with van der Waals surface area (Å²) in [5.74, 6) is 0.395. The van der Waals surface area contributed by atoms with E-state index in [2.05, 4.69) is 20.9 Å². The quantitative estimate of drug-likeness (QED) is 0.748. The molecule has 0 bridgehead atoms. The Morgan fingerprint density at radius 3 is 2.94 bits per heavy atom. The Bertz CT molecular complexity index is 560. The monoisotopic (exact) mass is 328 g/mol. The van der Waals surface area contributed by atoms with Crippen LogP contribution in [0.4, 0.5) is 5.69 Å². The van der Waals surface area contributed by atoms with Gasteiger partial charge in [-0.1, -0.05) is 15.9 Å². The predicted molar refractivity (Wildman–Crippen MR) is 77.7 cm³/mol. The number of hydrogen-bond donors (Lipinski definition) is 3. The molecule has 4 nitrogen and oxygen atoms in total. The summed E-state index contributed by atoms with van der Waals surface area (Å²) in [5.41, 5.74) is 7.36. The fraction of sp³-hybridized carbons (Fsp3) is 0.250. The van der Waals surface area contributed by atoms with Crippen LogP contribution in [0.1, 0.15) is 0 Å². The van der Waals surface area contributed by atoms with Crippen LogP contribution in [0.3, 0.4) is 0 Å². The lowest BCUT2D eigenvalue weighted by Gasteiger charge is -2.11. The highest BCUT2D eigenvalue weighted by molar-refractivity contribution is 9.10. The maximum Gasteiger partial charge on any atom is 0.0864 e. The first-order valence-corrected chi connectivity index (χ1v) is 7.15. The van der Waals surface area contributed by atoms with Gasteiger partial charge in [0.2, 0.25) is 0 Å². The van der Waals surface area contributed by atoms with E-state index in [1.54, 1.807) is 6.20 Å². The van der Waals surface area contributed by atoms with Gasteiger partial charge < -0.3 is 15.9 Å². The summed E-state index contributed by atoms with van der Waals surface area (Å²) in [4.78, 5) is 5.14. The largest absolute Gasteiger partial charge is 0.397 e. The van der Waals surface area contributed by atoms with Crippen LogP contribution in [0.2, 0.25) is 0 Å². The first kappa shape index (κ1) is 13.6. The fourth-order valence-electron chi connectivity index (χ4n) is 1.55. The van der Waals surface area contributed by atoms with Crippen LogP contribution >= 0.6 is 27.7 Å². The number of thioether (sulfide) groups is 1. The maximum atomic E-state index is 9.40. The molecule has 0 spiro atoms. The van der Waals surface area contributed by atoms with Gasteiger partial charge in [-0.25, -0.2) is 0 Å². The van der Waals surface area contributed by atoms with Crippen molar-refractivity contribution >= 4 is 44.3 Å². The number of anilines is 1. The highest BCUT2D eigenvalue weighted by atomic mass is 79.9. The average Bonchev–Trinajstić information content (AvgIpc) is 2.37. The first-order valence-electron chi connectivity index (χ1n) is 5.37. The molecule has 96 valence electrons. The Balaban J connectivity index is 2.40. The second-order valence-corrected chi connectivity index (χ2v) is 5.80. The Morgan fingerprint density at radius 1 is 1.44 bits per heavy atom. The van der Waals surface area contributed by atoms with E-state index in [4.69, 9.17) is 10.8 Å². The van der Waals surface area contributed by atoms with Crippen molar-refractivity contribution in [2.24, 2.45) is 0 Å². The van der Waals surface area contributed by atoms with Gasteiger partial charge in [-0.3, -0.25) is 4.98 Å². The average molecular weight is 329 g/mol. The third kappa shape index (κ3) is 2.95. The van der Waals surface area contributed by atoms with Gasteiger partial charge in [-0.15, -0.1) is 11.8 Å². The molecule has 1 aromatic carbocycles. The second kappa shape index (κ2) is 5.88. The topological polar surface area (TPSA) is 79.4 Å². The molecule has 4 N–H and O–H groups in total. The fourth-order valence-corrected chi connectivity index (χ4v) is 2.91. The molecule has 0 aliphatic carbocycles. The molecule has 2 rings (SSSR count). The molecule has 0 radical (unpaired) electrons. The number of hydrogen-bond acceptors (Lipinski definition) is 5. The molecule has 0 aliphatic rings. The van der Waals surface area contributed by atoms with Crippen molar-refractivity contribution in [1.29, 1.82) is 0 Å². The molecule has 18 heavy (non-hydrogen) atoms. The van der Waals surface area contributed by atoms with E-state index in [-0.39, 0.29) is 6.61 Å². The van der Waals surface area contributed by atoms with Gasteiger partial charge in [-0.2, -0.15) is 0 Å². The SMILES string of the molecule is Nc1cnc2ccc(Br)cc2c1SCC(O)CO. The van der Waals surface area contributed by atoms with E-state index >= 15 is 0 Å². The predicted octanol–water partition coefficient (Wildman–Crippen LogP) is 2.02. The van der Waals surface area contributed by atoms with Crippen LogP contribution in [-0.4, -0.2) is 33.7 Å². The van der Waals surface area contributed by atoms with Crippen molar-refractivity contribution in [3.63, 3.8) is 0 Å². The highest BCUT2D eigenvalue weighted by Gasteiger charge is 2.10. The van der Waals surface area contributed by atoms with Gasteiger partial charge in [0.1, 0.15) is 0 Å². The smallest absolute Gasteiger partial charge is 0.0864 e. The number of benzene rings is 1. The molecule has 0 fully saturated rings. The van der Waals surface area contributed by atoms with Crippen molar-refractivity contribution in [3.05, 3.63) is 28.9 Å². The minimum atomic E-state index is -0.746. The highest BCUT2D eigenvalue weighted by Crippen LogP contribution is 2.33. The first-order chi connectivity index (χ1) is 8.61. The van der Waals surface area contributed by atoms with Crippen LogP contribution in [0, 0.1) is 0 Å². The lowest BCUT2D eigenvalue weighted by molar-refractivity contribution is 0.113. The van der Waals surface area contributed by atoms with E-state index in [0.717, 1.165) is 20.3 Å². The second-order valence-electron chi connectivity index (χ2n) is 3.85. The summed E-state index contributed by atoms with van der Waals surface area (Å²) in [6.45, 7) is -0.250. The lowest BCUT2D eigenvalue weighted by atomic mass is 10.2. The number of nitrogens with two attached hydrogens (primary N) is 1. The molecule has 0 saturated carbocycles. The zero-order chi connectivity index (χ0) is 13.1. The van der Waals surface area contributed by atoms with Gasteiger partial charge in [0.15, 0.2) is 0 Å². The van der Waals surface area contributed by atoms with E-state index in [0.29, 0.717) is 11.4 Å². The summed E-state index contributed by atoms with van der Waals surface area (Å²) in [7, 11) is 0. The zero-order valence-corrected chi connectivity index (χ0v) is 11.9. The summed E-state index contributed by atoms with van der Waals surface area (Å²) in [6.07, 6.45) is 0.869. The van der Waals surface area contributed by atoms with E-state index in [1.165, 1.54) is 11.8 Å². The molecule has 0 saturated heterocycles. The minimum absolute atomic E-state index is 0.250. The molecule has 0 amide bonds. The number of aliphatic hydroxyl groups is 2. The van der Waals surface area contributed by atoms with Crippen LogP contribution < -0.4 is 5.73 Å².